The van der Waals surface area contributed by atoms with Crippen LogP contribution < -0.4 is 0 Å². The molecule has 0 aliphatic carbocycles. The maximum Gasteiger partial charge on any atom is 0.222 e. The van der Waals surface area contributed by atoms with E-state index in [0.29, 0.717) is 18.0 Å². The van der Waals surface area contributed by atoms with Crippen LogP contribution in [0.4, 0.5) is 0 Å². The first-order chi connectivity index (χ1) is 7.22. The van der Waals surface area contributed by atoms with Crippen molar-refractivity contribution < 1.29 is 4.79 Å². The number of hydrogen-bond donors (Lipinski definition) is 0. The van der Waals surface area contributed by atoms with Gasteiger partial charge in [0.05, 0.1) is 0 Å². The Balaban J connectivity index is 0.000000531. The first-order valence-corrected chi connectivity index (χ1v) is 6.22. The fourth-order valence-electron chi connectivity index (χ4n) is 2.53. The standard InChI is InChI=1S/C10H18N2O.C2H6/c1-3-4-10(13)12-7-8-5-9(12)6-11(8)2;1-2/h8-9H,3-7H2,1-2H3;1-2H3/t8-,9?;/m0./s1. The summed E-state index contributed by atoms with van der Waals surface area (Å²) >= 11 is 0. The molecule has 15 heavy (non-hydrogen) atoms. The van der Waals surface area contributed by atoms with Gasteiger partial charge in [-0.25, -0.2) is 0 Å². The van der Waals surface area contributed by atoms with Gasteiger partial charge in [-0.3, -0.25) is 9.69 Å². The number of carbonyl (C=O) groups is 1. The fraction of sp³-hybridized carbons (Fsp3) is 0.917. The third kappa shape index (κ3) is 2.51. The molecule has 3 nitrogen and oxygen atoms in total. The van der Waals surface area contributed by atoms with Gasteiger partial charge in [0.15, 0.2) is 0 Å². The van der Waals surface area contributed by atoms with E-state index >= 15 is 0 Å². The molecule has 3 heteroatoms. The molecular weight excluding hydrogens is 188 g/mol. The lowest BCUT2D eigenvalue weighted by molar-refractivity contribution is -0.133. The highest BCUT2D eigenvalue weighted by molar-refractivity contribution is 5.77. The topological polar surface area (TPSA) is 23.6 Å². The van der Waals surface area contributed by atoms with Gasteiger partial charge in [0.1, 0.15) is 0 Å². The predicted molar refractivity (Wildman–Crippen MR) is 62.8 cm³/mol. The highest BCUT2D eigenvalue weighted by Gasteiger charge is 2.42. The van der Waals surface area contributed by atoms with Gasteiger partial charge in [0.2, 0.25) is 5.91 Å². The Labute approximate surface area is 93.4 Å². The minimum Gasteiger partial charge on any atom is -0.337 e. The number of hydrogen-bond acceptors (Lipinski definition) is 2. The Kier molecular flexibility index (Phi) is 4.58. The van der Waals surface area contributed by atoms with Crippen molar-refractivity contribution in [3.05, 3.63) is 0 Å². The second-order valence-corrected chi connectivity index (χ2v) is 4.28. The lowest BCUT2D eigenvalue weighted by atomic mass is 10.2. The summed E-state index contributed by atoms with van der Waals surface area (Å²) in [6.07, 6.45) is 2.90. The van der Waals surface area contributed by atoms with Crippen LogP contribution in [-0.2, 0) is 4.79 Å². The third-order valence-corrected chi connectivity index (χ3v) is 3.30. The molecule has 0 radical (unpaired) electrons. The summed E-state index contributed by atoms with van der Waals surface area (Å²) in [5, 5.41) is 0. The smallest absolute Gasteiger partial charge is 0.222 e. The summed E-state index contributed by atoms with van der Waals surface area (Å²) in [5.41, 5.74) is 0. The third-order valence-electron chi connectivity index (χ3n) is 3.30. The molecule has 2 atom stereocenters. The van der Waals surface area contributed by atoms with Crippen LogP contribution in [0.1, 0.15) is 40.0 Å². The molecule has 88 valence electrons. The molecule has 0 aromatic carbocycles. The number of carbonyl (C=O) groups excluding carboxylic acids is 1. The molecule has 2 bridgehead atoms. The number of likely N-dealkylation sites (N-methyl/N-ethyl adjacent to an activating group) is 1. The summed E-state index contributed by atoms with van der Waals surface area (Å²) < 4.78 is 0. The molecule has 2 heterocycles. The van der Waals surface area contributed by atoms with Crippen molar-refractivity contribution in [1.82, 2.24) is 9.80 Å². The highest BCUT2D eigenvalue weighted by atomic mass is 16.2. The van der Waals surface area contributed by atoms with Crippen LogP contribution in [0.15, 0.2) is 0 Å². The lowest BCUT2D eigenvalue weighted by Gasteiger charge is -2.31. The molecule has 0 aromatic heterocycles. The summed E-state index contributed by atoms with van der Waals surface area (Å²) in [6, 6.07) is 1.17. The number of nitrogens with zero attached hydrogens (tertiary/aromatic N) is 2. The molecule has 2 fully saturated rings. The van der Waals surface area contributed by atoms with E-state index in [1.165, 1.54) is 6.42 Å². The van der Waals surface area contributed by atoms with Gasteiger partial charge in [-0.2, -0.15) is 0 Å². The van der Waals surface area contributed by atoms with Crippen LogP contribution in [0, 0.1) is 0 Å². The molecule has 2 aliphatic heterocycles. The molecule has 1 amide bonds. The average Bonchev–Trinajstić information content (AvgIpc) is 2.79. The Morgan fingerprint density at radius 3 is 2.33 bits per heavy atom. The van der Waals surface area contributed by atoms with Crippen molar-refractivity contribution in [2.45, 2.75) is 52.1 Å². The number of rotatable bonds is 2. The van der Waals surface area contributed by atoms with Crippen LogP contribution in [0.3, 0.4) is 0 Å². The second kappa shape index (κ2) is 5.50. The minimum atomic E-state index is 0.364. The number of likely N-dealkylation sites (tertiary alicyclic amines) is 2. The van der Waals surface area contributed by atoms with E-state index in [9.17, 15) is 4.79 Å². The number of piperazine rings is 1. The second-order valence-electron chi connectivity index (χ2n) is 4.28. The first-order valence-electron chi connectivity index (χ1n) is 6.22. The van der Waals surface area contributed by atoms with Crippen LogP contribution in [-0.4, -0.2) is 47.9 Å². The Hall–Kier alpha value is -0.570. The van der Waals surface area contributed by atoms with Gasteiger partial charge >= 0.3 is 0 Å². The Morgan fingerprint density at radius 2 is 1.93 bits per heavy atom. The van der Waals surface area contributed by atoms with E-state index in [2.05, 4.69) is 23.8 Å². The summed E-state index contributed by atoms with van der Waals surface area (Å²) in [7, 11) is 2.16. The fourth-order valence-corrected chi connectivity index (χ4v) is 2.53. The van der Waals surface area contributed by atoms with E-state index in [4.69, 9.17) is 0 Å². The highest BCUT2D eigenvalue weighted by Crippen LogP contribution is 2.29. The molecule has 2 rings (SSSR count). The molecule has 1 unspecified atom stereocenters. The van der Waals surface area contributed by atoms with Gasteiger partial charge < -0.3 is 4.90 Å². The lowest BCUT2D eigenvalue weighted by Crippen LogP contribution is -2.47. The molecular formula is C12H24N2O. The summed E-state index contributed by atoms with van der Waals surface area (Å²) in [5.74, 6) is 0.364. The van der Waals surface area contributed by atoms with E-state index in [-0.39, 0.29) is 0 Å². The molecule has 2 aliphatic rings. The maximum atomic E-state index is 11.6. The van der Waals surface area contributed by atoms with Crippen molar-refractivity contribution in [1.29, 1.82) is 0 Å². The van der Waals surface area contributed by atoms with Crippen molar-refractivity contribution in [3.63, 3.8) is 0 Å². The van der Waals surface area contributed by atoms with Crippen molar-refractivity contribution >= 4 is 5.91 Å². The van der Waals surface area contributed by atoms with Crippen LogP contribution >= 0.6 is 0 Å². The van der Waals surface area contributed by atoms with E-state index in [1.54, 1.807) is 0 Å². The molecule has 0 saturated carbocycles. The predicted octanol–water partition coefficient (Wildman–Crippen LogP) is 1.73. The van der Waals surface area contributed by atoms with Crippen molar-refractivity contribution in [3.8, 4) is 0 Å². The zero-order chi connectivity index (χ0) is 11.4. The van der Waals surface area contributed by atoms with Crippen LogP contribution in [0.5, 0.6) is 0 Å². The van der Waals surface area contributed by atoms with Gasteiger partial charge in [0, 0.05) is 31.6 Å². The molecule has 2 saturated heterocycles. The van der Waals surface area contributed by atoms with E-state index < -0.39 is 0 Å². The van der Waals surface area contributed by atoms with Gasteiger partial charge in [-0.1, -0.05) is 20.8 Å². The van der Waals surface area contributed by atoms with Crippen molar-refractivity contribution in [2.24, 2.45) is 0 Å². The summed E-state index contributed by atoms with van der Waals surface area (Å²) in [4.78, 5) is 16.1. The molecule has 0 spiro atoms. The quantitative estimate of drug-likeness (QED) is 0.696. The number of fused-ring (bicyclic) bond motifs is 2. The monoisotopic (exact) mass is 212 g/mol. The van der Waals surface area contributed by atoms with Crippen LogP contribution in [0.2, 0.25) is 0 Å². The van der Waals surface area contributed by atoms with Crippen LogP contribution in [0.25, 0.3) is 0 Å². The molecule has 0 N–H and O–H groups in total. The van der Waals surface area contributed by atoms with Gasteiger partial charge in [-0.05, 0) is 19.9 Å². The largest absolute Gasteiger partial charge is 0.337 e. The molecule has 0 aromatic rings. The van der Waals surface area contributed by atoms with Gasteiger partial charge in [0.25, 0.3) is 0 Å². The van der Waals surface area contributed by atoms with Gasteiger partial charge in [-0.15, -0.1) is 0 Å². The van der Waals surface area contributed by atoms with E-state index in [0.717, 1.165) is 25.9 Å². The summed E-state index contributed by atoms with van der Waals surface area (Å²) in [6.45, 7) is 8.12. The SMILES string of the molecule is CC.CCCC(=O)N1C[C@@H]2CC1CN2C. The Bertz CT molecular complexity index is 216. The van der Waals surface area contributed by atoms with E-state index in [1.807, 2.05) is 13.8 Å². The Morgan fingerprint density at radius 1 is 1.27 bits per heavy atom. The first kappa shape index (κ1) is 12.5. The zero-order valence-electron chi connectivity index (χ0n) is 10.5. The zero-order valence-corrected chi connectivity index (χ0v) is 10.5. The number of amides is 1. The van der Waals surface area contributed by atoms with Crippen molar-refractivity contribution in [2.75, 3.05) is 20.1 Å². The maximum absolute atomic E-state index is 11.6. The average molecular weight is 212 g/mol. The minimum absolute atomic E-state index is 0.364. The normalized spacial score (nSPS) is 28.9.